The number of nitrogens with zero attached hydrogens (tertiary/aromatic N) is 1. The molecule has 0 saturated carbocycles. The molecule has 0 saturated heterocycles. The first-order chi connectivity index (χ1) is 35.4. The zero-order valence-electron chi connectivity index (χ0n) is 49.4. The van der Waals surface area contributed by atoms with E-state index < -0.39 is 20.0 Å². The van der Waals surface area contributed by atoms with Gasteiger partial charge in [-0.15, -0.1) is 0 Å². The van der Waals surface area contributed by atoms with E-state index in [0.29, 0.717) is 23.9 Å². The summed E-state index contributed by atoms with van der Waals surface area (Å²) in [5.74, 6) is -0.491. The molecule has 0 radical (unpaired) electrons. The lowest BCUT2D eigenvalue weighted by atomic mass is 10.0. The molecule has 1 amide bonds. The summed E-state index contributed by atoms with van der Waals surface area (Å²) in [5, 5.41) is 3.05. The first-order valence-electron chi connectivity index (χ1n) is 31.7. The van der Waals surface area contributed by atoms with Crippen molar-refractivity contribution in [3.63, 3.8) is 0 Å². The Kier molecular flexibility index (Phi) is 52.8. The number of phosphoric acid groups is 1. The van der Waals surface area contributed by atoms with E-state index in [9.17, 15) is 19.0 Å². The zero-order chi connectivity index (χ0) is 53.6. The highest BCUT2D eigenvalue weighted by molar-refractivity contribution is 7.47. The minimum atomic E-state index is -4.44. The van der Waals surface area contributed by atoms with Gasteiger partial charge in [-0.05, 0) is 57.4 Å². The van der Waals surface area contributed by atoms with Crippen molar-refractivity contribution < 1.29 is 37.3 Å². The van der Waals surface area contributed by atoms with Crippen molar-refractivity contribution in [3.8, 4) is 0 Å². The molecular formula is C63H124N2O7P+. The Morgan fingerprint density at radius 1 is 0.466 bits per heavy atom. The predicted octanol–water partition coefficient (Wildman–Crippen LogP) is 19.3. The third-order valence-electron chi connectivity index (χ3n) is 14.4. The number of quaternary nitrogens is 1. The van der Waals surface area contributed by atoms with E-state index >= 15 is 0 Å². The van der Waals surface area contributed by atoms with E-state index in [-0.39, 0.29) is 25.1 Å². The van der Waals surface area contributed by atoms with Crippen LogP contribution >= 0.6 is 7.82 Å². The standard InChI is InChI=1S/C63H123N2O7P/c1-7-10-13-16-19-22-25-26-27-28-29-30-31-32-33-34-35-36-37-38-41-44-47-50-53-56-63(67)72-61(54-51-48-45-42-39-23-20-17-14-11-8-2)60(59-71-73(68,69)70-58-57-65(4,5)6)64-62(66)55-52-49-46-43-40-24-21-18-15-12-9-3/h26-27,51,54,60-61H,7-25,28-50,52-53,55-59H2,1-6H3,(H-,64,66,68,69)/p+1/b27-26+,54-51-. The monoisotopic (exact) mass is 1050 g/mol. The summed E-state index contributed by atoms with van der Waals surface area (Å²) in [5.41, 5.74) is 0. The van der Waals surface area contributed by atoms with E-state index in [1.165, 1.54) is 225 Å². The predicted molar refractivity (Wildman–Crippen MR) is 314 cm³/mol. The molecule has 2 N–H and O–H groups in total. The van der Waals surface area contributed by atoms with E-state index in [1.54, 1.807) is 0 Å². The van der Waals surface area contributed by atoms with Crippen LogP contribution in [-0.4, -0.2) is 74.3 Å². The summed E-state index contributed by atoms with van der Waals surface area (Å²) in [7, 11) is 1.51. The van der Waals surface area contributed by atoms with Gasteiger partial charge in [-0.2, -0.15) is 0 Å². The Hall–Kier alpha value is -1.51. The number of hydrogen-bond acceptors (Lipinski definition) is 6. The number of likely N-dealkylation sites (N-methyl/N-ethyl adjacent to an activating group) is 1. The number of carbonyl (C=O) groups is 2. The van der Waals surface area contributed by atoms with Crippen molar-refractivity contribution in [1.82, 2.24) is 5.32 Å². The molecule has 0 fully saturated rings. The fourth-order valence-corrected chi connectivity index (χ4v) is 10.2. The summed E-state index contributed by atoms with van der Waals surface area (Å²) in [6.45, 7) is 7.03. The lowest BCUT2D eigenvalue weighted by Crippen LogP contribution is -2.47. The van der Waals surface area contributed by atoms with Gasteiger partial charge in [0.2, 0.25) is 5.91 Å². The number of hydrogen-bond donors (Lipinski definition) is 2. The first kappa shape index (κ1) is 71.5. The van der Waals surface area contributed by atoms with Crippen LogP contribution in [0, 0.1) is 0 Å². The largest absolute Gasteiger partial charge is 0.472 e. The van der Waals surface area contributed by atoms with Crippen LogP contribution in [0.3, 0.4) is 0 Å². The van der Waals surface area contributed by atoms with Crippen LogP contribution in [0.2, 0.25) is 0 Å². The van der Waals surface area contributed by atoms with E-state index in [1.807, 2.05) is 33.3 Å². The van der Waals surface area contributed by atoms with Crippen molar-refractivity contribution in [3.05, 3.63) is 24.3 Å². The minimum Gasteiger partial charge on any atom is -0.456 e. The van der Waals surface area contributed by atoms with Crippen molar-refractivity contribution in [1.29, 1.82) is 0 Å². The summed E-state index contributed by atoms with van der Waals surface area (Å²) >= 11 is 0. The molecular weight excluding hydrogens is 928 g/mol. The SMILES string of the molecule is CCCCCCCC/C=C/CCCCCCCCCCCCCCCCCC(=O)OC(/C=C\CCCCCCCCCCC)C(COP(=O)(O)OCC[N+](C)(C)C)NC(=O)CCCCCCCCCCCCC. The van der Waals surface area contributed by atoms with E-state index in [2.05, 4.69) is 38.2 Å². The fraction of sp³-hybridized carbons (Fsp3) is 0.905. The van der Waals surface area contributed by atoms with Crippen LogP contribution in [0.15, 0.2) is 24.3 Å². The summed E-state index contributed by atoms with van der Waals surface area (Å²) in [6, 6.07) is -0.840. The van der Waals surface area contributed by atoms with Crippen LogP contribution in [0.25, 0.3) is 0 Å². The lowest BCUT2D eigenvalue weighted by Gasteiger charge is -2.27. The van der Waals surface area contributed by atoms with Gasteiger partial charge in [0.05, 0.1) is 33.8 Å². The van der Waals surface area contributed by atoms with Gasteiger partial charge in [-0.3, -0.25) is 18.6 Å². The molecule has 0 aliphatic rings. The maximum absolute atomic E-state index is 13.5. The average molecular weight is 1050 g/mol. The topological polar surface area (TPSA) is 111 Å². The van der Waals surface area contributed by atoms with Gasteiger partial charge in [0, 0.05) is 12.8 Å². The number of nitrogens with one attached hydrogen (secondary N) is 1. The van der Waals surface area contributed by atoms with Crippen LogP contribution in [-0.2, 0) is 27.9 Å². The second kappa shape index (κ2) is 53.9. The maximum atomic E-state index is 13.5. The number of unbranched alkanes of at least 4 members (excludes halogenated alkanes) is 40. The number of allylic oxidation sites excluding steroid dienone is 3. The lowest BCUT2D eigenvalue weighted by molar-refractivity contribution is -0.870. The number of ether oxygens (including phenoxy) is 1. The highest BCUT2D eigenvalue weighted by Crippen LogP contribution is 2.43. The zero-order valence-corrected chi connectivity index (χ0v) is 50.3. The van der Waals surface area contributed by atoms with E-state index in [0.717, 1.165) is 57.8 Å². The summed E-state index contributed by atoms with van der Waals surface area (Å²) in [6.07, 6.45) is 63.3. The van der Waals surface area contributed by atoms with Gasteiger partial charge in [0.15, 0.2) is 0 Å². The van der Waals surface area contributed by atoms with Gasteiger partial charge in [-0.1, -0.05) is 270 Å². The molecule has 0 spiro atoms. The van der Waals surface area contributed by atoms with Crippen molar-refractivity contribution >= 4 is 19.7 Å². The minimum absolute atomic E-state index is 0.0441. The third kappa shape index (κ3) is 55.1. The molecule has 3 unspecified atom stereocenters. The second-order valence-corrected chi connectivity index (χ2v) is 24.4. The number of amides is 1. The molecule has 0 aliphatic carbocycles. The Morgan fingerprint density at radius 3 is 1.16 bits per heavy atom. The first-order valence-corrected chi connectivity index (χ1v) is 33.2. The van der Waals surface area contributed by atoms with Gasteiger partial charge in [0.1, 0.15) is 19.3 Å². The second-order valence-electron chi connectivity index (χ2n) is 22.9. The van der Waals surface area contributed by atoms with E-state index in [4.69, 9.17) is 13.8 Å². The number of carbonyl (C=O) groups excluding carboxylic acids is 2. The molecule has 3 atom stereocenters. The molecule has 10 heteroatoms. The van der Waals surface area contributed by atoms with Gasteiger partial charge >= 0.3 is 13.8 Å². The molecule has 0 heterocycles. The normalized spacial score (nSPS) is 13.8. The van der Waals surface area contributed by atoms with Crippen molar-refractivity contribution in [2.45, 2.75) is 328 Å². The van der Waals surface area contributed by atoms with Crippen molar-refractivity contribution in [2.24, 2.45) is 0 Å². The smallest absolute Gasteiger partial charge is 0.456 e. The van der Waals surface area contributed by atoms with Crippen LogP contribution in [0.5, 0.6) is 0 Å². The number of phosphoric ester groups is 1. The average Bonchev–Trinajstić information content (AvgIpc) is 3.35. The molecule has 0 bridgehead atoms. The molecule has 0 aromatic carbocycles. The van der Waals surface area contributed by atoms with Crippen molar-refractivity contribution in [2.75, 3.05) is 40.9 Å². The fourth-order valence-electron chi connectivity index (χ4n) is 9.47. The highest BCUT2D eigenvalue weighted by Gasteiger charge is 2.30. The quantitative estimate of drug-likeness (QED) is 0.0205. The Balaban J connectivity index is 4.98. The van der Waals surface area contributed by atoms with Crippen LogP contribution in [0.4, 0.5) is 0 Å². The molecule has 9 nitrogen and oxygen atoms in total. The molecule has 0 aliphatic heterocycles. The molecule has 0 aromatic rings. The van der Waals surface area contributed by atoms with Crippen LogP contribution < -0.4 is 5.32 Å². The third-order valence-corrected chi connectivity index (χ3v) is 15.4. The van der Waals surface area contributed by atoms with Crippen LogP contribution in [0.1, 0.15) is 316 Å². The van der Waals surface area contributed by atoms with Gasteiger partial charge < -0.3 is 19.4 Å². The molecule has 0 aromatic heterocycles. The Labute approximate surface area is 454 Å². The maximum Gasteiger partial charge on any atom is 0.472 e. The van der Waals surface area contributed by atoms with Gasteiger partial charge in [-0.25, -0.2) is 4.57 Å². The number of esters is 1. The number of rotatable bonds is 58. The highest BCUT2D eigenvalue weighted by atomic mass is 31.2. The summed E-state index contributed by atoms with van der Waals surface area (Å²) in [4.78, 5) is 37.6. The van der Waals surface area contributed by atoms with Gasteiger partial charge in [0.25, 0.3) is 0 Å². The summed E-state index contributed by atoms with van der Waals surface area (Å²) < 4.78 is 30.6. The Bertz CT molecular complexity index is 1300. The molecule has 0 rings (SSSR count). The molecule has 432 valence electrons. The molecule has 73 heavy (non-hydrogen) atoms. The Morgan fingerprint density at radius 2 is 0.795 bits per heavy atom.